The van der Waals surface area contributed by atoms with Crippen molar-refractivity contribution in [1.82, 2.24) is 9.97 Å². The third-order valence-electron chi connectivity index (χ3n) is 3.14. The zero-order chi connectivity index (χ0) is 11.7. The number of hydrogen-bond acceptors (Lipinski definition) is 3. The number of nitrogens with zero attached hydrogens (tertiary/aromatic N) is 2. The van der Waals surface area contributed by atoms with E-state index in [2.05, 4.69) is 46.5 Å². The largest absolute Gasteiger partial charge is 0.366 e. The van der Waals surface area contributed by atoms with E-state index >= 15 is 0 Å². The first-order chi connectivity index (χ1) is 8.33. The van der Waals surface area contributed by atoms with Crippen LogP contribution in [0.2, 0.25) is 0 Å². The Morgan fingerprint density at radius 2 is 2.00 bits per heavy atom. The number of nitrogens with one attached hydrogen (secondary N) is 1. The molecule has 0 bridgehead atoms. The van der Waals surface area contributed by atoms with Gasteiger partial charge in [0.1, 0.15) is 12.1 Å². The third-order valence-corrected chi connectivity index (χ3v) is 3.14. The molecule has 86 valence electrons. The Bertz CT molecular complexity index is 567. The zero-order valence-corrected chi connectivity index (χ0v) is 9.85. The zero-order valence-electron chi connectivity index (χ0n) is 9.85. The van der Waals surface area contributed by atoms with E-state index in [-0.39, 0.29) is 0 Å². The number of hydrogen-bond donors (Lipinski definition) is 1. The summed E-state index contributed by atoms with van der Waals surface area (Å²) in [5.41, 5.74) is 2.24. The van der Waals surface area contributed by atoms with Gasteiger partial charge in [0, 0.05) is 11.4 Å². The molecule has 3 heteroatoms. The van der Waals surface area contributed by atoms with Gasteiger partial charge < -0.3 is 5.32 Å². The second-order valence-electron chi connectivity index (χ2n) is 4.53. The van der Waals surface area contributed by atoms with Crippen molar-refractivity contribution >= 4 is 16.7 Å². The summed E-state index contributed by atoms with van der Waals surface area (Å²) < 4.78 is 0. The van der Waals surface area contributed by atoms with Crippen LogP contribution >= 0.6 is 0 Å². The lowest BCUT2D eigenvalue weighted by molar-refractivity contribution is 0.782. The average Bonchev–Trinajstić information content (AvgIpc) is 2.83. The first kappa shape index (κ1) is 10.3. The van der Waals surface area contributed by atoms with Gasteiger partial charge in [-0.15, -0.1) is 0 Å². The Morgan fingerprint density at radius 1 is 1.18 bits per heavy atom. The van der Waals surface area contributed by atoms with E-state index in [4.69, 9.17) is 0 Å². The van der Waals surface area contributed by atoms with Crippen molar-refractivity contribution < 1.29 is 0 Å². The molecule has 0 unspecified atom stereocenters. The van der Waals surface area contributed by atoms with Gasteiger partial charge in [0.2, 0.25) is 0 Å². The van der Waals surface area contributed by atoms with Crippen molar-refractivity contribution in [3.05, 3.63) is 42.2 Å². The molecule has 1 heterocycles. The Kier molecular flexibility index (Phi) is 2.52. The van der Waals surface area contributed by atoms with Crippen LogP contribution in [-0.4, -0.2) is 16.0 Å². The van der Waals surface area contributed by atoms with Crippen LogP contribution in [0.15, 0.2) is 36.7 Å². The van der Waals surface area contributed by atoms with E-state index in [0.717, 1.165) is 29.6 Å². The van der Waals surface area contributed by atoms with Crippen LogP contribution in [0.1, 0.15) is 18.4 Å². The molecular weight excluding hydrogens is 210 g/mol. The molecule has 3 rings (SSSR count). The highest BCUT2D eigenvalue weighted by atomic mass is 15.0. The summed E-state index contributed by atoms with van der Waals surface area (Å²) in [6.45, 7) is 2.09. The maximum Gasteiger partial charge on any atom is 0.137 e. The molecule has 0 aliphatic heterocycles. The lowest BCUT2D eigenvalue weighted by Gasteiger charge is -2.14. The van der Waals surface area contributed by atoms with Crippen LogP contribution in [-0.2, 0) is 0 Å². The Labute approximate surface area is 101 Å². The van der Waals surface area contributed by atoms with Crippen molar-refractivity contribution in [3.63, 3.8) is 0 Å². The fourth-order valence-electron chi connectivity index (χ4n) is 2.21. The fourth-order valence-corrected chi connectivity index (χ4v) is 2.21. The van der Waals surface area contributed by atoms with E-state index < -0.39 is 0 Å². The van der Waals surface area contributed by atoms with Gasteiger partial charge in [0.15, 0.2) is 0 Å². The molecule has 1 aliphatic rings. The predicted molar refractivity (Wildman–Crippen MR) is 70.1 cm³/mol. The minimum absolute atomic E-state index is 0.480. The van der Waals surface area contributed by atoms with Gasteiger partial charge in [0.25, 0.3) is 0 Å². The standard InChI is InChI=1S/C14H15N3/c1-10-6-7-13-12(8-10)14(16-9-15-13)17-11-4-2-3-5-11/h2-3,6-9,11H,4-5H2,1H3,(H,15,16,17). The number of benzene rings is 1. The number of aryl methyl sites for hydroxylation is 1. The first-order valence-corrected chi connectivity index (χ1v) is 5.96. The molecule has 2 aromatic rings. The Hall–Kier alpha value is -1.90. The Balaban J connectivity index is 2.00. The van der Waals surface area contributed by atoms with Crippen LogP contribution in [0.3, 0.4) is 0 Å². The van der Waals surface area contributed by atoms with Crippen LogP contribution in [0.4, 0.5) is 5.82 Å². The van der Waals surface area contributed by atoms with E-state index in [9.17, 15) is 0 Å². The molecule has 3 nitrogen and oxygen atoms in total. The van der Waals surface area contributed by atoms with E-state index in [0.29, 0.717) is 6.04 Å². The maximum absolute atomic E-state index is 4.36. The molecule has 0 saturated carbocycles. The molecule has 1 N–H and O–H groups in total. The second-order valence-corrected chi connectivity index (χ2v) is 4.53. The monoisotopic (exact) mass is 225 g/mol. The minimum atomic E-state index is 0.480. The normalized spacial score (nSPS) is 15.6. The minimum Gasteiger partial charge on any atom is -0.366 e. The van der Waals surface area contributed by atoms with Gasteiger partial charge in [-0.25, -0.2) is 9.97 Å². The highest BCUT2D eigenvalue weighted by molar-refractivity contribution is 5.89. The lowest BCUT2D eigenvalue weighted by atomic mass is 10.1. The van der Waals surface area contributed by atoms with Gasteiger partial charge in [-0.3, -0.25) is 0 Å². The highest BCUT2D eigenvalue weighted by Crippen LogP contribution is 2.23. The second kappa shape index (κ2) is 4.17. The van der Waals surface area contributed by atoms with E-state index in [1.54, 1.807) is 6.33 Å². The average molecular weight is 225 g/mol. The van der Waals surface area contributed by atoms with Crippen molar-refractivity contribution in [2.45, 2.75) is 25.8 Å². The molecule has 1 aromatic carbocycles. The number of aromatic nitrogens is 2. The molecule has 0 saturated heterocycles. The molecule has 0 spiro atoms. The molecule has 0 atom stereocenters. The van der Waals surface area contributed by atoms with Crippen molar-refractivity contribution in [3.8, 4) is 0 Å². The smallest absolute Gasteiger partial charge is 0.137 e. The topological polar surface area (TPSA) is 37.8 Å². The lowest BCUT2D eigenvalue weighted by Crippen LogP contribution is -2.16. The van der Waals surface area contributed by atoms with Gasteiger partial charge in [0.05, 0.1) is 5.52 Å². The fraction of sp³-hybridized carbons (Fsp3) is 0.286. The molecule has 1 aliphatic carbocycles. The SMILES string of the molecule is Cc1ccc2ncnc(NC3CC=CC3)c2c1. The van der Waals surface area contributed by atoms with Crippen LogP contribution in [0.25, 0.3) is 10.9 Å². The summed E-state index contributed by atoms with van der Waals surface area (Å²) in [6, 6.07) is 6.74. The number of rotatable bonds is 2. The van der Waals surface area contributed by atoms with Crippen molar-refractivity contribution in [2.75, 3.05) is 5.32 Å². The molecular formula is C14H15N3. The summed E-state index contributed by atoms with van der Waals surface area (Å²) in [5, 5.41) is 4.61. The summed E-state index contributed by atoms with van der Waals surface area (Å²) in [5.74, 6) is 0.951. The van der Waals surface area contributed by atoms with Crippen LogP contribution in [0.5, 0.6) is 0 Å². The quantitative estimate of drug-likeness (QED) is 0.798. The van der Waals surface area contributed by atoms with Crippen molar-refractivity contribution in [1.29, 1.82) is 0 Å². The first-order valence-electron chi connectivity index (χ1n) is 5.96. The molecule has 1 aromatic heterocycles. The summed E-state index contributed by atoms with van der Waals surface area (Å²) in [7, 11) is 0. The maximum atomic E-state index is 4.36. The predicted octanol–water partition coefficient (Wildman–Crippen LogP) is 3.07. The molecule has 0 amide bonds. The van der Waals surface area contributed by atoms with Gasteiger partial charge in [-0.05, 0) is 31.9 Å². The van der Waals surface area contributed by atoms with Crippen molar-refractivity contribution in [2.24, 2.45) is 0 Å². The van der Waals surface area contributed by atoms with Crippen LogP contribution in [0, 0.1) is 6.92 Å². The summed E-state index contributed by atoms with van der Waals surface area (Å²) in [4.78, 5) is 8.65. The molecule has 0 fully saturated rings. The molecule has 17 heavy (non-hydrogen) atoms. The van der Waals surface area contributed by atoms with Gasteiger partial charge in [-0.1, -0.05) is 23.8 Å². The highest BCUT2D eigenvalue weighted by Gasteiger charge is 2.12. The molecule has 0 radical (unpaired) electrons. The summed E-state index contributed by atoms with van der Waals surface area (Å²) >= 11 is 0. The van der Waals surface area contributed by atoms with E-state index in [1.807, 2.05) is 6.07 Å². The number of anilines is 1. The summed E-state index contributed by atoms with van der Waals surface area (Å²) in [6.07, 6.45) is 8.22. The van der Waals surface area contributed by atoms with Gasteiger partial charge in [-0.2, -0.15) is 0 Å². The van der Waals surface area contributed by atoms with Crippen LogP contribution < -0.4 is 5.32 Å². The number of fused-ring (bicyclic) bond motifs is 1. The third kappa shape index (κ3) is 2.00. The van der Waals surface area contributed by atoms with Gasteiger partial charge >= 0.3 is 0 Å². The van der Waals surface area contributed by atoms with E-state index in [1.165, 1.54) is 5.56 Å². The Morgan fingerprint density at radius 3 is 2.82 bits per heavy atom.